The average Bonchev–Trinajstić information content (AvgIpc) is 2.98. The Balaban J connectivity index is 1.80. The van der Waals surface area contributed by atoms with Gasteiger partial charge in [0.25, 0.3) is 0 Å². The smallest absolute Gasteiger partial charge is 0.404 e. The molecule has 0 atom stereocenters. The van der Waals surface area contributed by atoms with Crippen LogP contribution in [0.25, 0.3) is 23.6 Å². The fourth-order valence-electron chi connectivity index (χ4n) is 5.44. The van der Waals surface area contributed by atoms with Crippen LogP contribution in [0.15, 0.2) is 53.4 Å². The molecular weight excluding hydrogens is 596 g/mol. The summed E-state index contributed by atoms with van der Waals surface area (Å²) < 4.78 is 36.6. The molecule has 12 heteroatoms. The molecule has 1 aliphatic heterocycles. The van der Waals surface area contributed by atoms with E-state index < -0.39 is 22.1 Å². The lowest BCUT2D eigenvalue weighted by atomic mass is 9.89. The average molecular weight is 634 g/mol. The van der Waals surface area contributed by atoms with Crippen molar-refractivity contribution >= 4 is 45.6 Å². The first-order valence-electron chi connectivity index (χ1n) is 14.8. The molecule has 1 amide bonds. The van der Waals surface area contributed by atoms with Crippen molar-refractivity contribution in [2.24, 2.45) is 0 Å². The molecule has 1 aliphatic rings. The molecule has 0 fully saturated rings. The van der Waals surface area contributed by atoms with Crippen LogP contribution in [0.3, 0.4) is 0 Å². The number of benzene rings is 3. The van der Waals surface area contributed by atoms with E-state index in [4.69, 9.17) is 21.3 Å². The van der Waals surface area contributed by atoms with Crippen molar-refractivity contribution in [1.29, 1.82) is 0 Å². The van der Waals surface area contributed by atoms with E-state index in [2.05, 4.69) is 11.9 Å². The summed E-state index contributed by atoms with van der Waals surface area (Å²) in [6, 6.07) is 14.0. The van der Waals surface area contributed by atoms with E-state index in [0.717, 1.165) is 5.22 Å². The lowest BCUT2D eigenvalue weighted by Gasteiger charge is -2.32. The van der Waals surface area contributed by atoms with Crippen LogP contribution in [-0.4, -0.2) is 49.5 Å². The van der Waals surface area contributed by atoms with Crippen molar-refractivity contribution in [3.63, 3.8) is 0 Å². The summed E-state index contributed by atoms with van der Waals surface area (Å²) >= 11 is 0. The Bertz CT molecular complexity index is 1810. The number of carbonyl (C=O) groups excluding carboxylic acids is 1. The molecule has 240 valence electrons. The molecule has 0 spiro atoms. The molecule has 11 nitrogen and oxygen atoms in total. The van der Waals surface area contributed by atoms with Crippen molar-refractivity contribution in [2.75, 3.05) is 19.6 Å². The summed E-state index contributed by atoms with van der Waals surface area (Å²) in [6.45, 7) is 6.37. The van der Waals surface area contributed by atoms with Gasteiger partial charge >= 0.3 is 6.09 Å². The number of fused-ring (bicyclic) bond motifs is 2. The lowest BCUT2D eigenvalue weighted by Crippen LogP contribution is -2.34. The van der Waals surface area contributed by atoms with Crippen LogP contribution in [0.2, 0.25) is 0 Å². The van der Waals surface area contributed by atoms with Gasteiger partial charge in [-0.05, 0) is 55.0 Å². The van der Waals surface area contributed by atoms with Gasteiger partial charge in [-0.25, -0.2) is 13.2 Å². The molecule has 4 rings (SSSR count). The fourth-order valence-corrected chi connectivity index (χ4v) is 7.17. The number of amides is 1. The number of carbonyl (C=O) groups is 2. The molecule has 0 aromatic heterocycles. The monoisotopic (exact) mass is 633 g/mol. The Labute approximate surface area is 262 Å². The van der Waals surface area contributed by atoms with E-state index in [0.29, 0.717) is 71.8 Å². The zero-order chi connectivity index (χ0) is 32.7. The van der Waals surface area contributed by atoms with Crippen molar-refractivity contribution in [3.05, 3.63) is 87.1 Å². The summed E-state index contributed by atoms with van der Waals surface area (Å²) in [5.74, 6) is -0.812. The van der Waals surface area contributed by atoms with Crippen LogP contribution in [0, 0.1) is 6.92 Å². The third-order valence-corrected chi connectivity index (χ3v) is 9.76. The zero-order valence-corrected chi connectivity index (χ0v) is 26.0. The van der Waals surface area contributed by atoms with Crippen molar-refractivity contribution in [1.82, 2.24) is 9.62 Å². The van der Waals surface area contributed by atoms with Crippen LogP contribution in [0.4, 0.5) is 16.2 Å². The maximum absolute atomic E-state index is 14.5. The maximum atomic E-state index is 14.5. The number of sulfonamides is 1. The molecule has 0 bridgehead atoms. The number of unbranched alkanes of at least 4 members (excludes halogenated alkanes) is 4. The molecule has 0 unspecified atom stereocenters. The number of carboxylic acids is 1. The molecule has 0 saturated carbocycles. The minimum atomic E-state index is -4.32. The van der Waals surface area contributed by atoms with E-state index in [1.165, 1.54) is 10.4 Å². The zero-order valence-electron chi connectivity index (χ0n) is 25.1. The number of nitrogens with one attached hydrogen (secondary N) is 3. The fraction of sp³-hybridized carbons (Fsp3) is 0.333. The second kappa shape index (κ2) is 14.5. The predicted molar refractivity (Wildman–Crippen MR) is 171 cm³/mol. The number of nitrogens with zero attached hydrogens (tertiary/aromatic N) is 1. The highest BCUT2D eigenvalue weighted by Gasteiger charge is 2.34. The Morgan fingerprint density at radius 3 is 2.18 bits per heavy atom. The summed E-state index contributed by atoms with van der Waals surface area (Å²) in [6.07, 6.45) is 1.49. The maximum Gasteiger partial charge on any atom is 0.404 e. The number of carboxylic acid groups (broad SMARTS) is 2. The minimum Gasteiger partial charge on any atom is -0.698 e. The second-order valence-corrected chi connectivity index (χ2v) is 12.8. The number of ether oxygens (including phenoxy) is 1. The summed E-state index contributed by atoms with van der Waals surface area (Å²) in [5, 5.41) is 23.4. The van der Waals surface area contributed by atoms with E-state index >= 15 is 0 Å². The van der Waals surface area contributed by atoms with E-state index in [9.17, 15) is 23.1 Å². The first-order valence-corrected chi connectivity index (χ1v) is 16.2. The molecular formula is C33H37N4O7S-3. The SMILES string of the molecule is C=c1ccccc1=C1c2ccc([NH-])c(C)c2Oc2c1ccc([NH-])c2S(=O)(=O)N(CCCCCNC(=O)O)CCCCCC(=O)[O-]. The van der Waals surface area contributed by atoms with Gasteiger partial charge in [-0.2, -0.15) is 4.31 Å². The van der Waals surface area contributed by atoms with Crippen molar-refractivity contribution in [2.45, 2.75) is 56.8 Å². The van der Waals surface area contributed by atoms with E-state index in [1.807, 2.05) is 24.3 Å². The Kier molecular flexibility index (Phi) is 10.7. The Hall–Kier alpha value is -4.55. The number of aliphatic carboxylic acids is 1. The molecule has 0 saturated heterocycles. The molecule has 3 aromatic carbocycles. The van der Waals surface area contributed by atoms with Gasteiger partial charge in [-0.15, -0.1) is 11.4 Å². The number of hydrogen-bond donors (Lipinski definition) is 2. The third-order valence-electron chi connectivity index (χ3n) is 7.79. The van der Waals surface area contributed by atoms with Crippen LogP contribution < -0.4 is 25.6 Å². The second-order valence-electron chi connectivity index (χ2n) is 10.9. The molecule has 3 aromatic rings. The number of hydrogen-bond acceptors (Lipinski definition) is 6. The van der Waals surface area contributed by atoms with Crippen LogP contribution in [0.5, 0.6) is 11.5 Å². The topological polar surface area (TPSA) is 184 Å². The van der Waals surface area contributed by atoms with E-state index in [1.54, 1.807) is 25.1 Å². The Morgan fingerprint density at radius 1 is 0.911 bits per heavy atom. The molecule has 1 heterocycles. The first kappa shape index (κ1) is 33.3. The highest BCUT2D eigenvalue weighted by Crippen LogP contribution is 2.51. The van der Waals surface area contributed by atoms with Gasteiger partial charge < -0.3 is 36.5 Å². The summed E-state index contributed by atoms with van der Waals surface area (Å²) in [5.41, 5.74) is 19.5. The first-order chi connectivity index (χ1) is 21.4. The normalized spacial score (nSPS) is 13.6. The summed E-state index contributed by atoms with van der Waals surface area (Å²) in [7, 11) is -4.32. The number of rotatable bonds is 14. The third kappa shape index (κ3) is 7.58. The largest absolute Gasteiger partial charge is 0.698 e. The van der Waals surface area contributed by atoms with Gasteiger partial charge in [0.15, 0.2) is 5.75 Å². The molecule has 0 aliphatic carbocycles. The molecule has 4 N–H and O–H groups in total. The highest BCUT2D eigenvalue weighted by molar-refractivity contribution is 7.89. The molecule has 45 heavy (non-hydrogen) atoms. The van der Waals surface area contributed by atoms with Crippen LogP contribution >= 0.6 is 0 Å². The Morgan fingerprint density at radius 2 is 1.53 bits per heavy atom. The quantitative estimate of drug-likeness (QED) is 0.186. The lowest BCUT2D eigenvalue weighted by molar-refractivity contribution is -0.305. The van der Waals surface area contributed by atoms with Gasteiger partial charge in [-0.1, -0.05) is 68.0 Å². The van der Waals surface area contributed by atoms with Gasteiger partial charge in [0.1, 0.15) is 10.6 Å². The van der Waals surface area contributed by atoms with Crippen LogP contribution in [-0.2, 0) is 14.8 Å². The molecule has 0 radical (unpaired) electrons. The van der Waals surface area contributed by atoms with Crippen molar-refractivity contribution in [3.8, 4) is 11.5 Å². The minimum absolute atomic E-state index is 0.00885. The predicted octanol–water partition coefficient (Wildman–Crippen LogP) is 4.86. The van der Waals surface area contributed by atoms with Crippen LogP contribution in [0.1, 0.15) is 61.6 Å². The van der Waals surface area contributed by atoms with E-state index in [-0.39, 0.29) is 48.1 Å². The highest BCUT2D eigenvalue weighted by atomic mass is 32.2. The van der Waals surface area contributed by atoms with Gasteiger partial charge in [-0.3, -0.25) is 0 Å². The van der Waals surface area contributed by atoms with Gasteiger partial charge in [0, 0.05) is 42.3 Å². The summed E-state index contributed by atoms with van der Waals surface area (Å²) in [4.78, 5) is 21.3. The van der Waals surface area contributed by atoms with Crippen molar-refractivity contribution < 1.29 is 33.0 Å². The van der Waals surface area contributed by atoms with Gasteiger partial charge in [0.05, 0.1) is 0 Å². The standard InChI is InChI=1S/C33H38N4O7S/c1-21-11-6-7-12-23(21)29-24-14-16-26(34)22(2)30(24)44-31-25(29)15-17-27(35)32(31)45(42,43)37(19-9-3-5-13-28(38)39)20-10-4-8-18-36-33(40)41/h6-7,11-12,14-17,34-36H,1,3-5,8-10,13,18-20H2,2H3,(H,38,39)(H,40,41)/q-2/p-1. The van der Waals surface area contributed by atoms with Gasteiger partial charge in [0.2, 0.25) is 10.0 Å².